The summed E-state index contributed by atoms with van der Waals surface area (Å²) in [7, 11) is -3.25. The third-order valence-corrected chi connectivity index (χ3v) is 4.95. The second kappa shape index (κ2) is 3.18. The molecule has 0 radical (unpaired) electrons. The van der Waals surface area contributed by atoms with Gasteiger partial charge in [-0.3, -0.25) is 4.79 Å². The van der Waals surface area contributed by atoms with Crippen molar-refractivity contribution in [3.05, 3.63) is 0 Å². The monoisotopic (exact) mass is 233 g/mol. The quantitative estimate of drug-likeness (QED) is 0.735. The number of fused-ring (bicyclic) bond motifs is 1. The number of sulfonamides is 1. The molecule has 1 aliphatic heterocycles. The van der Waals surface area contributed by atoms with Gasteiger partial charge in [0.05, 0.1) is 11.7 Å². The molecule has 1 N–H and O–H groups in total. The van der Waals surface area contributed by atoms with E-state index in [4.69, 9.17) is 0 Å². The zero-order valence-corrected chi connectivity index (χ0v) is 9.46. The van der Waals surface area contributed by atoms with Crippen LogP contribution in [0.5, 0.6) is 0 Å². The molecule has 0 aromatic heterocycles. The number of carbonyl (C=O) groups is 1. The van der Waals surface area contributed by atoms with Crippen molar-refractivity contribution in [3.8, 4) is 0 Å². The van der Waals surface area contributed by atoms with E-state index in [2.05, 4.69) is 0 Å². The fourth-order valence-electron chi connectivity index (χ4n) is 2.85. The van der Waals surface area contributed by atoms with E-state index < -0.39 is 21.4 Å². The maximum absolute atomic E-state index is 11.4. The van der Waals surface area contributed by atoms with Crippen LogP contribution in [-0.4, -0.2) is 43.1 Å². The van der Waals surface area contributed by atoms with E-state index in [0.717, 1.165) is 19.1 Å². The summed E-state index contributed by atoms with van der Waals surface area (Å²) in [5.74, 6) is -0.833. The molecule has 2 rings (SSSR count). The molecule has 15 heavy (non-hydrogen) atoms. The molecule has 0 amide bonds. The summed E-state index contributed by atoms with van der Waals surface area (Å²) in [6.45, 7) is 0.539. The van der Waals surface area contributed by atoms with E-state index >= 15 is 0 Å². The molecule has 0 aromatic rings. The lowest BCUT2D eigenvalue weighted by Crippen LogP contribution is -2.36. The second-order valence-electron chi connectivity index (χ2n) is 4.61. The van der Waals surface area contributed by atoms with Crippen molar-refractivity contribution in [1.82, 2.24) is 4.31 Å². The Bertz CT molecular complexity index is 391. The summed E-state index contributed by atoms with van der Waals surface area (Å²) in [6, 6.07) is 0. The lowest BCUT2D eigenvalue weighted by molar-refractivity contribution is -0.149. The van der Waals surface area contributed by atoms with Crippen LogP contribution in [0.2, 0.25) is 0 Å². The first-order chi connectivity index (χ1) is 6.86. The molecule has 2 unspecified atom stereocenters. The van der Waals surface area contributed by atoms with Crippen molar-refractivity contribution in [2.24, 2.45) is 11.3 Å². The number of nitrogens with zero attached hydrogens (tertiary/aromatic N) is 1. The molecular formula is C9H15NO4S. The minimum absolute atomic E-state index is 0.00437. The van der Waals surface area contributed by atoms with Crippen LogP contribution in [0.1, 0.15) is 19.3 Å². The third kappa shape index (κ3) is 1.56. The average molecular weight is 233 g/mol. The Kier molecular flexibility index (Phi) is 2.31. The number of rotatable bonds is 2. The van der Waals surface area contributed by atoms with Gasteiger partial charge in [-0.05, 0) is 18.8 Å². The van der Waals surface area contributed by atoms with Gasteiger partial charge in [0.2, 0.25) is 10.0 Å². The maximum Gasteiger partial charge on any atom is 0.311 e. The Morgan fingerprint density at radius 1 is 1.53 bits per heavy atom. The van der Waals surface area contributed by atoms with Gasteiger partial charge in [0.25, 0.3) is 0 Å². The minimum atomic E-state index is -3.25. The molecule has 5 nitrogen and oxygen atoms in total. The van der Waals surface area contributed by atoms with E-state index in [1.54, 1.807) is 0 Å². The van der Waals surface area contributed by atoms with Crippen LogP contribution in [0.25, 0.3) is 0 Å². The predicted molar refractivity (Wildman–Crippen MR) is 53.8 cm³/mol. The Balaban J connectivity index is 2.29. The lowest BCUT2D eigenvalue weighted by atomic mass is 9.81. The molecule has 0 aromatic carbocycles. The summed E-state index contributed by atoms with van der Waals surface area (Å²) in [5, 5.41) is 9.24. The summed E-state index contributed by atoms with van der Waals surface area (Å²) in [4.78, 5) is 11.3. The van der Waals surface area contributed by atoms with Gasteiger partial charge in [-0.2, -0.15) is 0 Å². The molecule has 1 saturated carbocycles. The van der Waals surface area contributed by atoms with Gasteiger partial charge in [-0.1, -0.05) is 6.42 Å². The molecular weight excluding hydrogens is 218 g/mol. The van der Waals surface area contributed by atoms with Crippen LogP contribution < -0.4 is 0 Å². The molecule has 1 aliphatic carbocycles. The number of aliphatic carboxylic acids is 1. The summed E-state index contributed by atoms with van der Waals surface area (Å²) < 4.78 is 24.0. The highest BCUT2D eigenvalue weighted by Crippen LogP contribution is 2.49. The van der Waals surface area contributed by atoms with E-state index in [1.165, 1.54) is 4.31 Å². The fourth-order valence-corrected chi connectivity index (χ4v) is 3.76. The van der Waals surface area contributed by atoms with Crippen molar-refractivity contribution in [3.63, 3.8) is 0 Å². The first-order valence-electron chi connectivity index (χ1n) is 5.05. The predicted octanol–water partition coefficient (Wildman–Crippen LogP) is 0.133. The number of carboxylic acid groups (broad SMARTS) is 1. The first-order valence-corrected chi connectivity index (χ1v) is 6.89. The van der Waals surface area contributed by atoms with E-state index in [1.807, 2.05) is 0 Å². The molecule has 86 valence electrons. The normalized spacial score (nSPS) is 36.7. The van der Waals surface area contributed by atoms with Gasteiger partial charge in [-0.15, -0.1) is 0 Å². The van der Waals surface area contributed by atoms with Crippen LogP contribution in [0, 0.1) is 11.3 Å². The van der Waals surface area contributed by atoms with E-state index in [0.29, 0.717) is 13.0 Å². The van der Waals surface area contributed by atoms with Gasteiger partial charge in [-0.25, -0.2) is 12.7 Å². The largest absolute Gasteiger partial charge is 0.481 e. The average Bonchev–Trinajstić information content (AvgIpc) is 2.55. The Morgan fingerprint density at radius 2 is 2.20 bits per heavy atom. The molecule has 1 heterocycles. The van der Waals surface area contributed by atoms with Gasteiger partial charge in [0.1, 0.15) is 0 Å². The maximum atomic E-state index is 11.4. The van der Waals surface area contributed by atoms with Crippen molar-refractivity contribution in [2.75, 3.05) is 19.3 Å². The second-order valence-corrected chi connectivity index (χ2v) is 6.59. The summed E-state index contributed by atoms with van der Waals surface area (Å²) >= 11 is 0. The lowest BCUT2D eigenvalue weighted by Gasteiger charge is -2.22. The van der Waals surface area contributed by atoms with Crippen LogP contribution in [0.4, 0.5) is 0 Å². The SMILES string of the molecule is CS(=O)(=O)N1CC2CCCC2(C(=O)O)C1. The number of hydrogen-bond acceptors (Lipinski definition) is 3. The van der Waals surface area contributed by atoms with Gasteiger partial charge in [0.15, 0.2) is 0 Å². The topological polar surface area (TPSA) is 74.7 Å². The first kappa shape index (κ1) is 10.9. The molecule has 2 atom stereocenters. The highest BCUT2D eigenvalue weighted by Gasteiger charge is 2.56. The molecule has 0 bridgehead atoms. The Morgan fingerprint density at radius 3 is 2.67 bits per heavy atom. The fraction of sp³-hybridized carbons (Fsp3) is 0.889. The van der Waals surface area contributed by atoms with E-state index in [9.17, 15) is 18.3 Å². The molecule has 2 fully saturated rings. The smallest absolute Gasteiger partial charge is 0.311 e. The summed E-state index contributed by atoms with van der Waals surface area (Å²) in [5.41, 5.74) is -0.803. The number of carboxylic acids is 1. The van der Waals surface area contributed by atoms with Crippen molar-refractivity contribution >= 4 is 16.0 Å². The zero-order chi connectivity index (χ0) is 11.3. The van der Waals surface area contributed by atoms with Crippen LogP contribution in [-0.2, 0) is 14.8 Å². The molecule has 6 heteroatoms. The van der Waals surface area contributed by atoms with E-state index in [-0.39, 0.29) is 12.5 Å². The van der Waals surface area contributed by atoms with Gasteiger partial charge < -0.3 is 5.11 Å². The Hall–Kier alpha value is -0.620. The molecule has 0 spiro atoms. The summed E-state index contributed by atoms with van der Waals surface area (Å²) in [6.07, 6.45) is 3.48. The van der Waals surface area contributed by atoms with Crippen molar-refractivity contribution in [1.29, 1.82) is 0 Å². The van der Waals surface area contributed by atoms with Crippen LogP contribution >= 0.6 is 0 Å². The third-order valence-electron chi connectivity index (χ3n) is 3.73. The van der Waals surface area contributed by atoms with Crippen molar-refractivity contribution < 1.29 is 18.3 Å². The molecule has 1 saturated heterocycles. The van der Waals surface area contributed by atoms with Gasteiger partial charge >= 0.3 is 5.97 Å². The Labute approximate surface area is 89.1 Å². The van der Waals surface area contributed by atoms with Crippen LogP contribution in [0.3, 0.4) is 0 Å². The molecule has 2 aliphatic rings. The highest BCUT2D eigenvalue weighted by atomic mass is 32.2. The number of hydrogen-bond donors (Lipinski definition) is 1. The highest BCUT2D eigenvalue weighted by molar-refractivity contribution is 7.88. The van der Waals surface area contributed by atoms with Crippen molar-refractivity contribution in [2.45, 2.75) is 19.3 Å². The minimum Gasteiger partial charge on any atom is -0.481 e. The zero-order valence-electron chi connectivity index (χ0n) is 8.64. The standard InChI is InChI=1S/C9H15NO4S/c1-15(13,14)10-5-7-3-2-4-9(7,6-10)8(11)12/h7H,2-6H2,1H3,(H,11,12). The van der Waals surface area contributed by atoms with Gasteiger partial charge in [0, 0.05) is 13.1 Å². The van der Waals surface area contributed by atoms with Crippen LogP contribution in [0.15, 0.2) is 0 Å².